The Bertz CT molecular complexity index is 1610. The van der Waals surface area contributed by atoms with Gasteiger partial charge in [-0.1, -0.05) is 6.07 Å². The van der Waals surface area contributed by atoms with Crippen molar-refractivity contribution in [3.05, 3.63) is 77.2 Å². The number of rotatable bonds is 7. The molecule has 1 amide bonds. The normalized spacial score (nSPS) is 15.8. The molecule has 1 N–H and O–H groups in total. The molecule has 0 unspecified atom stereocenters. The molecule has 2 aliphatic rings. The van der Waals surface area contributed by atoms with E-state index >= 15 is 4.39 Å². The first kappa shape index (κ1) is 28.5. The van der Waals surface area contributed by atoms with Crippen molar-refractivity contribution in [3.8, 4) is 21.7 Å². The Balaban J connectivity index is 1.36. The maximum Gasteiger partial charge on any atom is 0.220 e. The first-order chi connectivity index (χ1) is 20.4. The molecule has 7 nitrogen and oxygen atoms in total. The minimum absolute atomic E-state index is 0.0155. The molecule has 2 aromatic heterocycles. The fourth-order valence-electron chi connectivity index (χ4n) is 5.06. The predicted molar refractivity (Wildman–Crippen MR) is 159 cm³/mol. The van der Waals surface area contributed by atoms with E-state index in [1.54, 1.807) is 36.2 Å². The van der Waals surface area contributed by atoms with Crippen LogP contribution in [0, 0.1) is 17.5 Å². The smallest absolute Gasteiger partial charge is 0.220 e. The van der Waals surface area contributed by atoms with E-state index in [1.165, 1.54) is 11.3 Å². The quantitative estimate of drug-likeness (QED) is 0.227. The molecular formula is C30H28F3N5O2S2. The third-order valence-corrected chi connectivity index (χ3v) is 9.51. The van der Waals surface area contributed by atoms with E-state index in [0.29, 0.717) is 44.2 Å². The number of carbonyl (C=O) groups excluding carboxylic acids is 1. The highest BCUT2D eigenvalue weighted by Gasteiger charge is 2.27. The van der Waals surface area contributed by atoms with Gasteiger partial charge < -0.3 is 19.3 Å². The zero-order chi connectivity index (χ0) is 29.2. The van der Waals surface area contributed by atoms with E-state index in [2.05, 4.69) is 9.71 Å². The lowest BCUT2D eigenvalue weighted by Gasteiger charge is -2.19. The van der Waals surface area contributed by atoms with E-state index in [4.69, 9.17) is 9.72 Å². The van der Waals surface area contributed by atoms with Crippen molar-refractivity contribution in [2.45, 2.75) is 30.6 Å². The lowest BCUT2D eigenvalue weighted by Crippen LogP contribution is -2.29. The SMILES string of the molecule is CC(=O)N1CCN(c2cc(-c3sc(C4CCOCC4)nc3-c3cccc(NSc4cc(F)ccc4F)c3F)ccn2)C1. The largest absolute Gasteiger partial charge is 0.381 e. The average molecular weight is 612 g/mol. The average Bonchev–Trinajstić information content (AvgIpc) is 3.68. The van der Waals surface area contributed by atoms with Crippen LogP contribution < -0.4 is 9.62 Å². The second-order valence-corrected chi connectivity index (χ2v) is 12.0. The molecule has 0 aliphatic carbocycles. The molecule has 12 heteroatoms. The Kier molecular flexibility index (Phi) is 8.36. The molecule has 0 atom stereocenters. The van der Waals surface area contributed by atoms with Gasteiger partial charge in [0.2, 0.25) is 5.91 Å². The molecule has 0 radical (unpaired) electrons. The number of hydrogen-bond donors (Lipinski definition) is 1. The van der Waals surface area contributed by atoms with Crippen LogP contribution in [0.2, 0.25) is 0 Å². The van der Waals surface area contributed by atoms with Crippen molar-refractivity contribution in [1.29, 1.82) is 0 Å². The third kappa shape index (κ3) is 5.97. The van der Waals surface area contributed by atoms with Gasteiger partial charge >= 0.3 is 0 Å². The minimum Gasteiger partial charge on any atom is -0.381 e. The standard InChI is InChI=1S/C30H28F3N5O2S2/c1-18(39)37-11-12-38(17-37)26-15-20(7-10-34-26)29-28(35-30(41-29)19-8-13-40-14-9-19)22-3-2-4-24(27(22)33)36-42-25-16-21(31)5-6-23(25)32/h2-7,10,15-16,19,36H,8-9,11-14,17H2,1H3. The number of nitrogens with zero attached hydrogens (tertiary/aromatic N) is 4. The fourth-order valence-corrected chi connectivity index (χ4v) is 7.02. The van der Waals surface area contributed by atoms with Crippen molar-refractivity contribution in [2.24, 2.45) is 0 Å². The van der Waals surface area contributed by atoms with Crippen molar-refractivity contribution in [1.82, 2.24) is 14.9 Å². The molecule has 218 valence electrons. The van der Waals surface area contributed by atoms with Gasteiger partial charge in [-0.05, 0) is 72.8 Å². The second-order valence-electron chi connectivity index (χ2n) is 10.2. The summed E-state index contributed by atoms with van der Waals surface area (Å²) in [7, 11) is 0. The summed E-state index contributed by atoms with van der Waals surface area (Å²) in [6, 6.07) is 11.9. The number of carbonyl (C=O) groups is 1. The van der Waals surface area contributed by atoms with Crippen LogP contribution in [0.25, 0.3) is 21.7 Å². The zero-order valence-electron chi connectivity index (χ0n) is 22.8. The molecule has 4 aromatic rings. The summed E-state index contributed by atoms with van der Waals surface area (Å²) >= 11 is 2.34. The van der Waals surface area contributed by atoms with Gasteiger partial charge in [0.15, 0.2) is 5.82 Å². The van der Waals surface area contributed by atoms with Crippen LogP contribution in [-0.4, -0.2) is 53.7 Å². The molecular weight excluding hydrogens is 583 g/mol. The Morgan fingerprint density at radius 1 is 1.10 bits per heavy atom. The number of anilines is 2. The summed E-state index contributed by atoms with van der Waals surface area (Å²) < 4.78 is 52.3. The van der Waals surface area contributed by atoms with Crippen LogP contribution in [0.1, 0.15) is 30.7 Å². The summed E-state index contributed by atoms with van der Waals surface area (Å²) in [5.41, 5.74) is 1.78. The lowest BCUT2D eigenvalue weighted by atomic mass is 10.0. The van der Waals surface area contributed by atoms with Gasteiger partial charge in [-0.2, -0.15) is 0 Å². The minimum atomic E-state index is -0.605. The van der Waals surface area contributed by atoms with E-state index < -0.39 is 17.5 Å². The topological polar surface area (TPSA) is 70.6 Å². The first-order valence-corrected chi connectivity index (χ1v) is 15.2. The molecule has 0 spiro atoms. The van der Waals surface area contributed by atoms with Crippen LogP contribution in [0.15, 0.2) is 59.6 Å². The van der Waals surface area contributed by atoms with Gasteiger partial charge in [0.1, 0.15) is 17.5 Å². The highest BCUT2D eigenvalue weighted by molar-refractivity contribution is 8.00. The van der Waals surface area contributed by atoms with Crippen molar-refractivity contribution in [2.75, 3.05) is 42.6 Å². The lowest BCUT2D eigenvalue weighted by molar-refractivity contribution is -0.127. The third-order valence-electron chi connectivity index (χ3n) is 7.39. The van der Waals surface area contributed by atoms with Gasteiger partial charge in [-0.25, -0.2) is 23.1 Å². The van der Waals surface area contributed by atoms with Gasteiger partial charge in [0.25, 0.3) is 0 Å². The van der Waals surface area contributed by atoms with Crippen molar-refractivity contribution >= 4 is 40.7 Å². The van der Waals surface area contributed by atoms with Crippen LogP contribution in [0.3, 0.4) is 0 Å². The molecule has 0 bridgehead atoms. The summed E-state index contributed by atoms with van der Waals surface area (Å²) in [5, 5.41) is 0.916. The number of hydrogen-bond acceptors (Lipinski definition) is 8. The highest BCUT2D eigenvalue weighted by Crippen LogP contribution is 2.43. The van der Waals surface area contributed by atoms with Crippen LogP contribution >= 0.6 is 23.3 Å². The maximum atomic E-state index is 16.1. The maximum absolute atomic E-state index is 16.1. The molecule has 0 saturated carbocycles. The van der Waals surface area contributed by atoms with Crippen molar-refractivity contribution < 1.29 is 22.7 Å². The van der Waals surface area contributed by atoms with E-state index in [1.807, 2.05) is 17.0 Å². The molecule has 2 fully saturated rings. The number of halogens is 3. The Morgan fingerprint density at radius 2 is 1.93 bits per heavy atom. The molecule has 42 heavy (non-hydrogen) atoms. The predicted octanol–water partition coefficient (Wildman–Crippen LogP) is 6.93. The molecule has 2 aromatic carbocycles. The molecule has 2 aliphatic heterocycles. The fraction of sp³-hybridized carbons (Fsp3) is 0.300. The van der Waals surface area contributed by atoms with Gasteiger partial charge in [0.05, 0.1) is 32.8 Å². The number of aromatic nitrogens is 2. The van der Waals surface area contributed by atoms with E-state index in [-0.39, 0.29) is 22.4 Å². The summed E-state index contributed by atoms with van der Waals surface area (Å²) in [4.78, 5) is 26.0. The van der Waals surface area contributed by atoms with Gasteiger partial charge in [-0.15, -0.1) is 11.3 Å². The van der Waals surface area contributed by atoms with E-state index in [0.717, 1.165) is 64.3 Å². The second kappa shape index (κ2) is 12.3. The summed E-state index contributed by atoms with van der Waals surface area (Å²) in [6.45, 7) is 4.61. The number of nitrogens with one attached hydrogen (secondary N) is 1. The monoisotopic (exact) mass is 611 g/mol. The first-order valence-electron chi connectivity index (χ1n) is 13.6. The highest BCUT2D eigenvalue weighted by atomic mass is 32.2. The Labute approximate surface area is 249 Å². The molecule has 2 saturated heterocycles. The number of amides is 1. The Hall–Kier alpha value is -3.61. The van der Waals surface area contributed by atoms with Crippen LogP contribution in [0.5, 0.6) is 0 Å². The van der Waals surface area contributed by atoms with Gasteiger partial charge in [-0.3, -0.25) is 4.79 Å². The van der Waals surface area contributed by atoms with Crippen LogP contribution in [-0.2, 0) is 9.53 Å². The number of thiazole rings is 1. The van der Waals surface area contributed by atoms with E-state index in [9.17, 15) is 13.6 Å². The molecule has 6 rings (SSSR count). The number of ether oxygens (including phenoxy) is 1. The van der Waals surface area contributed by atoms with Gasteiger partial charge in [0, 0.05) is 50.9 Å². The summed E-state index contributed by atoms with van der Waals surface area (Å²) in [5.74, 6) is -0.781. The summed E-state index contributed by atoms with van der Waals surface area (Å²) in [6.07, 6.45) is 3.39. The number of pyridine rings is 1. The Morgan fingerprint density at radius 3 is 2.71 bits per heavy atom. The zero-order valence-corrected chi connectivity index (χ0v) is 24.4. The molecule has 4 heterocycles. The van der Waals surface area contributed by atoms with Crippen LogP contribution in [0.4, 0.5) is 24.7 Å². The number of benzene rings is 2. The van der Waals surface area contributed by atoms with Crippen molar-refractivity contribution in [3.63, 3.8) is 0 Å².